The summed E-state index contributed by atoms with van der Waals surface area (Å²) in [5, 5.41) is 13.8. The third-order valence-corrected chi connectivity index (χ3v) is 6.37. The SMILES string of the molecule is CCS(=O)(=O)Cc1nnc2c(-c3ccc(Cl)c(Cl)c3)c(C)nn2c1C. The highest BCUT2D eigenvalue weighted by atomic mass is 35.5. The minimum Gasteiger partial charge on any atom is -0.228 e. The van der Waals surface area contributed by atoms with Gasteiger partial charge in [0.2, 0.25) is 0 Å². The molecule has 3 aromatic rings. The molecule has 0 spiro atoms. The molecular formula is C16H16Cl2N4O2S. The van der Waals surface area contributed by atoms with Crippen LogP contribution < -0.4 is 0 Å². The third-order valence-electron chi connectivity index (χ3n) is 4.04. The molecule has 9 heteroatoms. The average molecular weight is 399 g/mol. The number of hydrogen-bond acceptors (Lipinski definition) is 5. The van der Waals surface area contributed by atoms with E-state index >= 15 is 0 Å². The predicted molar refractivity (Wildman–Crippen MR) is 98.9 cm³/mol. The number of aromatic nitrogens is 4. The largest absolute Gasteiger partial charge is 0.228 e. The summed E-state index contributed by atoms with van der Waals surface area (Å²) in [5.74, 6) is -0.0991. The van der Waals surface area contributed by atoms with Gasteiger partial charge in [0.25, 0.3) is 0 Å². The van der Waals surface area contributed by atoms with Crippen LogP contribution in [0.4, 0.5) is 0 Å². The van der Waals surface area contributed by atoms with Gasteiger partial charge in [-0.1, -0.05) is 36.2 Å². The van der Waals surface area contributed by atoms with Crippen LogP contribution in [0.1, 0.15) is 24.0 Å². The molecule has 0 unspecified atom stereocenters. The van der Waals surface area contributed by atoms with Crippen molar-refractivity contribution in [2.45, 2.75) is 26.5 Å². The average Bonchev–Trinajstić information content (AvgIpc) is 2.90. The van der Waals surface area contributed by atoms with E-state index in [1.165, 1.54) is 0 Å². The minimum absolute atomic E-state index is 0.0544. The molecule has 0 aliphatic rings. The van der Waals surface area contributed by atoms with E-state index in [1.807, 2.05) is 13.0 Å². The van der Waals surface area contributed by atoms with Gasteiger partial charge < -0.3 is 0 Å². The second kappa shape index (κ2) is 6.55. The quantitative estimate of drug-likeness (QED) is 0.669. The standard InChI is InChI=1S/C16H16Cl2N4O2S/c1-4-25(23,24)8-14-10(3)22-16(20-19-14)15(9(2)21-22)11-5-6-12(17)13(18)7-11/h5-7H,4,8H2,1-3H3. The minimum atomic E-state index is -3.21. The first kappa shape index (κ1) is 18.1. The van der Waals surface area contributed by atoms with Crippen molar-refractivity contribution in [3.8, 4) is 11.1 Å². The maximum atomic E-state index is 11.9. The summed E-state index contributed by atoms with van der Waals surface area (Å²) in [6, 6.07) is 5.30. The van der Waals surface area contributed by atoms with Crippen LogP contribution in [0.5, 0.6) is 0 Å². The Labute approximate surface area is 155 Å². The number of aryl methyl sites for hydroxylation is 2. The molecule has 1 aromatic carbocycles. The van der Waals surface area contributed by atoms with Crippen molar-refractivity contribution in [1.29, 1.82) is 0 Å². The van der Waals surface area contributed by atoms with E-state index < -0.39 is 9.84 Å². The Morgan fingerprint density at radius 2 is 1.84 bits per heavy atom. The Morgan fingerprint density at radius 3 is 2.48 bits per heavy atom. The van der Waals surface area contributed by atoms with Crippen molar-refractivity contribution < 1.29 is 8.42 Å². The van der Waals surface area contributed by atoms with E-state index in [0.717, 1.165) is 16.8 Å². The van der Waals surface area contributed by atoms with Crippen LogP contribution in [-0.4, -0.2) is 34.0 Å². The Hall–Kier alpha value is -1.70. The fourth-order valence-electron chi connectivity index (χ4n) is 2.58. The molecule has 0 N–H and O–H groups in total. The first-order valence-electron chi connectivity index (χ1n) is 7.61. The molecule has 0 amide bonds. The highest BCUT2D eigenvalue weighted by molar-refractivity contribution is 7.90. The molecule has 0 aliphatic heterocycles. The van der Waals surface area contributed by atoms with E-state index in [2.05, 4.69) is 15.3 Å². The fourth-order valence-corrected chi connectivity index (χ4v) is 3.76. The number of rotatable bonds is 4. The van der Waals surface area contributed by atoms with E-state index in [1.54, 1.807) is 30.5 Å². The Balaban J connectivity index is 2.18. The summed E-state index contributed by atoms with van der Waals surface area (Å²) in [5.41, 5.74) is 3.95. The zero-order chi connectivity index (χ0) is 18.4. The Morgan fingerprint density at radius 1 is 1.12 bits per heavy atom. The molecule has 3 rings (SSSR count). The molecule has 0 saturated carbocycles. The van der Waals surface area contributed by atoms with Crippen molar-refractivity contribution >= 4 is 38.7 Å². The first-order valence-corrected chi connectivity index (χ1v) is 10.2. The van der Waals surface area contributed by atoms with Crippen LogP contribution >= 0.6 is 23.2 Å². The van der Waals surface area contributed by atoms with Crippen LogP contribution in [0.25, 0.3) is 16.8 Å². The molecular weight excluding hydrogens is 383 g/mol. The van der Waals surface area contributed by atoms with E-state index in [0.29, 0.717) is 27.1 Å². The lowest BCUT2D eigenvalue weighted by Gasteiger charge is -2.07. The topological polar surface area (TPSA) is 77.2 Å². The molecule has 25 heavy (non-hydrogen) atoms. The maximum absolute atomic E-state index is 11.9. The smallest absolute Gasteiger partial charge is 0.185 e. The summed E-state index contributed by atoms with van der Waals surface area (Å²) >= 11 is 12.1. The molecule has 2 heterocycles. The number of halogens is 2. The zero-order valence-electron chi connectivity index (χ0n) is 13.9. The lowest BCUT2D eigenvalue weighted by atomic mass is 10.1. The van der Waals surface area contributed by atoms with Crippen LogP contribution in [0, 0.1) is 13.8 Å². The summed E-state index contributed by atoms with van der Waals surface area (Å²) in [6.45, 7) is 5.25. The van der Waals surface area contributed by atoms with Gasteiger partial charge in [0.05, 0.1) is 38.4 Å². The van der Waals surface area contributed by atoms with Gasteiger partial charge in [-0.3, -0.25) is 0 Å². The van der Waals surface area contributed by atoms with E-state index in [9.17, 15) is 8.42 Å². The number of fused-ring (bicyclic) bond motifs is 1. The van der Waals surface area contributed by atoms with Crippen molar-refractivity contribution in [2.75, 3.05) is 5.75 Å². The van der Waals surface area contributed by atoms with Gasteiger partial charge in [0, 0.05) is 5.75 Å². The number of sulfone groups is 1. The number of hydrogen-bond donors (Lipinski definition) is 0. The zero-order valence-corrected chi connectivity index (χ0v) is 16.2. The molecule has 0 fully saturated rings. The maximum Gasteiger partial charge on any atom is 0.185 e. The lowest BCUT2D eigenvalue weighted by Crippen LogP contribution is -2.13. The summed E-state index contributed by atoms with van der Waals surface area (Å²) < 4.78 is 25.4. The van der Waals surface area contributed by atoms with E-state index in [4.69, 9.17) is 23.2 Å². The van der Waals surface area contributed by atoms with Gasteiger partial charge in [-0.05, 0) is 31.5 Å². The van der Waals surface area contributed by atoms with Crippen molar-refractivity contribution in [3.05, 3.63) is 45.3 Å². The number of nitrogens with zero attached hydrogens (tertiary/aromatic N) is 4. The van der Waals surface area contributed by atoms with Gasteiger partial charge in [-0.25, -0.2) is 12.9 Å². The van der Waals surface area contributed by atoms with Crippen LogP contribution in [0.3, 0.4) is 0 Å². The van der Waals surface area contributed by atoms with Gasteiger partial charge >= 0.3 is 0 Å². The van der Waals surface area contributed by atoms with Gasteiger partial charge in [-0.2, -0.15) is 10.2 Å². The van der Waals surface area contributed by atoms with Crippen LogP contribution in [-0.2, 0) is 15.6 Å². The third kappa shape index (κ3) is 3.36. The second-order valence-electron chi connectivity index (χ2n) is 5.73. The van der Waals surface area contributed by atoms with Gasteiger partial charge in [0.1, 0.15) is 0 Å². The highest BCUT2D eigenvalue weighted by Gasteiger charge is 2.20. The molecule has 0 aliphatic carbocycles. The van der Waals surface area contributed by atoms with Crippen molar-refractivity contribution in [3.63, 3.8) is 0 Å². The van der Waals surface area contributed by atoms with Crippen molar-refractivity contribution in [2.24, 2.45) is 0 Å². The summed E-state index contributed by atoms with van der Waals surface area (Å²) in [4.78, 5) is 0. The van der Waals surface area contributed by atoms with Gasteiger partial charge in [-0.15, -0.1) is 5.10 Å². The second-order valence-corrected chi connectivity index (χ2v) is 8.90. The summed E-state index contributed by atoms with van der Waals surface area (Å²) in [7, 11) is -3.21. The molecule has 2 aromatic heterocycles. The van der Waals surface area contributed by atoms with Crippen molar-refractivity contribution in [1.82, 2.24) is 19.8 Å². The molecule has 0 atom stereocenters. The molecule has 0 radical (unpaired) electrons. The monoisotopic (exact) mass is 398 g/mol. The van der Waals surface area contributed by atoms with Crippen LogP contribution in [0.15, 0.2) is 18.2 Å². The predicted octanol–water partition coefficient (Wildman–Crippen LogP) is 3.65. The van der Waals surface area contributed by atoms with Crippen LogP contribution in [0.2, 0.25) is 10.0 Å². The molecule has 6 nitrogen and oxygen atoms in total. The van der Waals surface area contributed by atoms with Gasteiger partial charge in [0.15, 0.2) is 15.5 Å². The fraction of sp³-hybridized carbons (Fsp3) is 0.312. The first-order chi connectivity index (χ1) is 11.7. The molecule has 0 saturated heterocycles. The Bertz CT molecular complexity index is 1080. The number of benzene rings is 1. The van der Waals surface area contributed by atoms with E-state index in [-0.39, 0.29) is 11.5 Å². The molecule has 132 valence electrons. The highest BCUT2D eigenvalue weighted by Crippen LogP contribution is 2.32. The molecule has 0 bridgehead atoms. The lowest BCUT2D eigenvalue weighted by molar-refractivity contribution is 0.594. The summed E-state index contributed by atoms with van der Waals surface area (Å²) in [6.07, 6.45) is 0. The normalized spacial score (nSPS) is 12.0. The Kier molecular flexibility index (Phi) is 4.74.